The Morgan fingerprint density at radius 3 is 2.51 bits per heavy atom. The van der Waals surface area contributed by atoms with E-state index in [0.717, 1.165) is 41.3 Å². The second-order valence-electron chi connectivity index (χ2n) is 9.65. The third-order valence-electron chi connectivity index (χ3n) is 7.36. The number of likely N-dealkylation sites (N-methyl/N-ethyl adjacent to an activating group) is 1. The number of aromatic nitrogens is 5. The normalized spacial score (nSPS) is 18.1. The second-order valence-corrected chi connectivity index (χ2v) is 9.65. The van der Waals surface area contributed by atoms with Crippen molar-refractivity contribution in [1.29, 1.82) is 0 Å². The van der Waals surface area contributed by atoms with E-state index in [1.165, 1.54) is 0 Å². The molecular weight excluding hydrogens is 450 g/mol. The van der Waals surface area contributed by atoms with Crippen molar-refractivity contribution in [2.45, 2.75) is 51.6 Å². The molecule has 9 heteroatoms. The number of fused-ring (bicyclic) bond motifs is 2. The molecule has 3 aromatic heterocycles. The molecule has 1 fully saturated rings. The standard InChI is InChI=1S/C26H26F2N6O/c1-13-19(11-29-33(13)4)22-18(24(27)28)10-17-16(6-5-7-20(17)30-22)23-21-12-32(3)26(35)14(2)34(21)25(31-23)15-8-9-15/h5-7,10-11,14-15,24H,8-9,12H2,1-4H3. The molecule has 1 amide bonds. The molecule has 0 radical (unpaired) electrons. The lowest BCUT2D eigenvalue weighted by molar-refractivity contribution is -0.135. The van der Waals surface area contributed by atoms with Crippen LogP contribution in [-0.2, 0) is 18.4 Å². The van der Waals surface area contributed by atoms with Gasteiger partial charge in [0, 0.05) is 47.8 Å². The van der Waals surface area contributed by atoms with E-state index in [0.29, 0.717) is 28.9 Å². The average molecular weight is 477 g/mol. The van der Waals surface area contributed by atoms with E-state index in [9.17, 15) is 13.6 Å². The molecule has 4 aromatic rings. The first-order chi connectivity index (χ1) is 16.8. The van der Waals surface area contributed by atoms with Crippen molar-refractivity contribution in [2.75, 3.05) is 7.05 Å². The molecule has 180 valence electrons. The highest BCUT2D eigenvalue weighted by Gasteiger charge is 2.38. The van der Waals surface area contributed by atoms with Gasteiger partial charge < -0.3 is 9.47 Å². The molecule has 7 nitrogen and oxygen atoms in total. The van der Waals surface area contributed by atoms with Gasteiger partial charge in [-0.15, -0.1) is 0 Å². The lowest BCUT2D eigenvalue weighted by atomic mass is 9.98. The number of alkyl halides is 2. The summed E-state index contributed by atoms with van der Waals surface area (Å²) >= 11 is 0. The van der Waals surface area contributed by atoms with Gasteiger partial charge in [0.05, 0.1) is 35.3 Å². The van der Waals surface area contributed by atoms with Gasteiger partial charge in [-0.2, -0.15) is 5.10 Å². The van der Waals surface area contributed by atoms with Crippen LogP contribution >= 0.6 is 0 Å². The van der Waals surface area contributed by atoms with Crippen LogP contribution in [0.25, 0.3) is 33.4 Å². The number of pyridine rings is 1. The number of amides is 1. The zero-order valence-electron chi connectivity index (χ0n) is 20.1. The Balaban J connectivity index is 1.60. The summed E-state index contributed by atoms with van der Waals surface area (Å²) in [6, 6.07) is 6.84. The van der Waals surface area contributed by atoms with E-state index in [1.807, 2.05) is 32.0 Å². The Morgan fingerprint density at radius 1 is 1.09 bits per heavy atom. The Bertz CT molecular complexity index is 1500. The van der Waals surface area contributed by atoms with Gasteiger partial charge in [0.1, 0.15) is 11.9 Å². The van der Waals surface area contributed by atoms with Crippen LogP contribution in [0.3, 0.4) is 0 Å². The maximum atomic E-state index is 14.3. The third kappa shape index (κ3) is 3.28. The molecule has 1 aliphatic heterocycles. The Hall–Kier alpha value is -3.62. The first-order valence-electron chi connectivity index (χ1n) is 11.8. The monoisotopic (exact) mass is 476 g/mol. The van der Waals surface area contributed by atoms with Gasteiger partial charge in [0.15, 0.2) is 0 Å². The van der Waals surface area contributed by atoms with Crippen molar-refractivity contribution >= 4 is 16.8 Å². The first-order valence-corrected chi connectivity index (χ1v) is 11.8. The highest BCUT2D eigenvalue weighted by atomic mass is 19.3. The van der Waals surface area contributed by atoms with Gasteiger partial charge in [-0.05, 0) is 38.8 Å². The fraction of sp³-hybridized carbons (Fsp3) is 0.385. The summed E-state index contributed by atoms with van der Waals surface area (Å²) < 4.78 is 32.4. The van der Waals surface area contributed by atoms with Crippen LogP contribution in [0.15, 0.2) is 30.5 Å². The summed E-state index contributed by atoms with van der Waals surface area (Å²) in [5, 5.41) is 4.85. The number of hydrogen-bond donors (Lipinski definition) is 0. The van der Waals surface area contributed by atoms with Crippen molar-refractivity contribution in [1.82, 2.24) is 29.2 Å². The quantitative estimate of drug-likeness (QED) is 0.408. The van der Waals surface area contributed by atoms with Crippen molar-refractivity contribution in [3.63, 3.8) is 0 Å². The topological polar surface area (TPSA) is 68.8 Å². The number of aryl methyl sites for hydroxylation is 1. The number of hydrogen-bond acceptors (Lipinski definition) is 4. The molecule has 0 N–H and O–H groups in total. The molecule has 4 heterocycles. The lowest BCUT2D eigenvalue weighted by Gasteiger charge is -2.31. The zero-order chi connectivity index (χ0) is 24.6. The fourth-order valence-electron chi connectivity index (χ4n) is 5.18. The van der Waals surface area contributed by atoms with Crippen molar-refractivity contribution in [3.05, 3.63) is 53.2 Å². The fourth-order valence-corrected chi connectivity index (χ4v) is 5.18. The van der Waals surface area contributed by atoms with Crippen molar-refractivity contribution in [2.24, 2.45) is 7.05 Å². The Morgan fingerprint density at radius 2 is 1.86 bits per heavy atom. The highest BCUT2D eigenvalue weighted by Crippen LogP contribution is 2.45. The minimum Gasteiger partial charge on any atom is -0.338 e. The van der Waals surface area contributed by atoms with E-state index in [1.54, 1.807) is 35.9 Å². The molecule has 0 spiro atoms. The van der Waals surface area contributed by atoms with Crippen molar-refractivity contribution < 1.29 is 13.6 Å². The molecule has 1 atom stereocenters. The highest BCUT2D eigenvalue weighted by molar-refractivity contribution is 5.96. The van der Waals surface area contributed by atoms with E-state index in [2.05, 4.69) is 9.67 Å². The first kappa shape index (κ1) is 21.9. The van der Waals surface area contributed by atoms with Gasteiger partial charge in [-0.3, -0.25) is 9.48 Å². The molecule has 1 aromatic carbocycles. The van der Waals surface area contributed by atoms with E-state index < -0.39 is 6.43 Å². The minimum atomic E-state index is -2.70. The molecule has 0 bridgehead atoms. The molecule has 35 heavy (non-hydrogen) atoms. The molecule has 0 saturated heterocycles. The molecule has 1 saturated carbocycles. The summed E-state index contributed by atoms with van der Waals surface area (Å²) in [5.41, 5.74) is 4.56. The molecule has 1 unspecified atom stereocenters. The van der Waals surface area contributed by atoms with E-state index in [-0.39, 0.29) is 23.2 Å². The summed E-state index contributed by atoms with van der Waals surface area (Å²) in [6.07, 6.45) is 0.984. The largest absolute Gasteiger partial charge is 0.338 e. The van der Waals surface area contributed by atoms with Crippen LogP contribution in [0.1, 0.15) is 60.9 Å². The van der Waals surface area contributed by atoms with Gasteiger partial charge in [0.2, 0.25) is 5.91 Å². The average Bonchev–Trinajstić information content (AvgIpc) is 3.54. The number of rotatable bonds is 4. The number of halogens is 2. The summed E-state index contributed by atoms with van der Waals surface area (Å²) in [5.74, 6) is 1.32. The van der Waals surface area contributed by atoms with Crippen LogP contribution in [0.4, 0.5) is 8.78 Å². The summed E-state index contributed by atoms with van der Waals surface area (Å²) in [6.45, 7) is 4.17. The summed E-state index contributed by atoms with van der Waals surface area (Å²) in [4.78, 5) is 24.2. The molecule has 2 aliphatic rings. The lowest BCUT2D eigenvalue weighted by Crippen LogP contribution is -2.39. The molecule has 6 rings (SSSR count). The van der Waals surface area contributed by atoms with Crippen LogP contribution in [0.2, 0.25) is 0 Å². The van der Waals surface area contributed by atoms with Crippen LogP contribution < -0.4 is 0 Å². The Labute approximate surface area is 201 Å². The molecule has 1 aliphatic carbocycles. The number of nitrogens with zero attached hydrogens (tertiary/aromatic N) is 6. The SMILES string of the molecule is Cc1c(-c2nc3cccc(-c4nc(C5CC5)n5c4CN(C)C(=O)C5C)c3cc2C(F)F)cnn1C. The molecular formula is C26H26F2N6O. The van der Waals surface area contributed by atoms with Crippen LogP contribution in [0.5, 0.6) is 0 Å². The zero-order valence-corrected chi connectivity index (χ0v) is 20.1. The maximum Gasteiger partial charge on any atom is 0.265 e. The van der Waals surface area contributed by atoms with Gasteiger partial charge in [0.25, 0.3) is 6.43 Å². The number of carbonyl (C=O) groups is 1. The minimum absolute atomic E-state index is 0.0550. The predicted molar refractivity (Wildman–Crippen MR) is 128 cm³/mol. The van der Waals surface area contributed by atoms with Gasteiger partial charge in [-0.25, -0.2) is 18.7 Å². The Kier molecular flexibility index (Phi) is 4.81. The van der Waals surface area contributed by atoms with Gasteiger partial charge in [-0.1, -0.05) is 12.1 Å². The summed E-state index contributed by atoms with van der Waals surface area (Å²) in [7, 11) is 3.57. The van der Waals surface area contributed by atoms with Gasteiger partial charge >= 0.3 is 0 Å². The third-order valence-corrected chi connectivity index (χ3v) is 7.36. The smallest absolute Gasteiger partial charge is 0.265 e. The van der Waals surface area contributed by atoms with E-state index in [4.69, 9.17) is 9.97 Å². The number of carbonyl (C=O) groups excluding carboxylic acids is 1. The second kappa shape index (κ2) is 7.69. The maximum absolute atomic E-state index is 14.3. The van der Waals surface area contributed by atoms with Crippen LogP contribution in [0, 0.1) is 6.92 Å². The van der Waals surface area contributed by atoms with Crippen LogP contribution in [-0.4, -0.2) is 42.2 Å². The number of benzene rings is 1. The van der Waals surface area contributed by atoms with Crippen molar-refractivity contribution in [3.8, 4) is 22.5 Å². The predicted octanol–water partition coefficient (Wildman–Crippen LogP) is 5.16. The van der Waals surface area contributed by atoms with E-state index >= 15 is 0 Å². The number of imidazole rings is 1.